The maximum Gasteiger partial charge on any atom is 0.120 e. The molecule has 0 unspecified atom stereocenters. The topological polar surface area (TPSA) is 43.7 Å². The summed E-state index contributed by atoms with van der Waals surface area (Å²) in [7, 11) is 3.88. The quantitative estimate of drug-likeness (QED) is 0.796. The molecule has 0 aliphatic heterocycles. The highest BCUT2D eigenvalue weighted by Crippen LogP contribution is 2.26. The zero-order valence-electron chi connectivity index (χ0n) is 9.78. The molecule has 1 rings (SSSR count). The molecule has 1 aromatic carbocycles. The molecule has 0 saturated carbocycles. The zero-order valence-corrected chi connectivity index (χ0v) is 9.78. The molecule has 0 bridgehead atoms. The Balaban J connectivity index is 3.06. The maximum absolute atomic E-state index is 9.84. The monoisotopic (exact) mass is 209 g/mol. The summed E-state index contributed by atoms with van der Waals surface area (Å²) < 4.78 is 0. The summed E-state index contributed by atoms with van der Waals surface area (Å²) in [6.45, 7) is 4.13. The molecule has 15 heavy (non-hydrogen) atoms. The molecule has 3 heteroatoms. The van der Waals surface area contributed by atoms with Gasteiger partial charge in [-0.15, -0.1) is 0 Å². The van der Waals surface area contributed by atoms with Crippen molar-refractivity contribution in [1.82, 2.24) is 4.90 Å². The van der Waals surface area contributed by atoms with Crippen LogP contribution < -0.4 is 0 Å². The Morgan fingerprint density at radius 2 is 1.87 bits per heavy atom. The van der Waals surface area contributed by atoms with Gasteiger partial charge in [-0.2, -0.15) is 0 Å². The van der Waals surface area contributed by atoms with Crippen molar-refractivity contribution < 1.29 is 10.2 Å². The first-order chi connectivity index (χ1) is 6.80. The van der Waals surface area contributed by atoms with Crippen LogP contribution in [0.4, 0.5) is 0 Å². The lowest BCUT2D eigenvalue weighted by atomic mass is 9.96. The van der Waals surface area contributed by atoms with E-state index in [0.29, 0.717) is 6.54 Å². The molecule has 0 aromatic heterocycles. The number of rotatable bonds is 3. The normalized spacial score (nSPS) is 12.1. The standard InChI is InChI=1S/C12H19NO2/c1-12(2,15)10-5-6-11(14)9(7-10)8-13(3)4/h5-7,14-15H,8H2,1-4H3. The van der Waals surface area contributed by atoms with Crippen LogP contribution in [0.1, 0.15) is 25.0 Å². The Kier molecular flexibility index (Phi) is 3.37. The van der Waals surface area contributed by atoms with E-state index < -0.39 is 5.60 Å². The summed E-state index contributed by atoms with van der Waals surface area (Å²) in [6.07, 6.45) is 0. The molecule has 0 atom stereocenters. The molecule has 0 radical (unpaired) electrons. The van der Waals surface area contributed by atoms with Crippen molar-refractivity contribution in [2.45, 2.75) is 26.0 Å². The van der Waals surface area contributed by atoms with Gasteiger partial charge in [-0.05, 0) is 45.6 Å². The molecule has 0 aliphatic rings. The van der Waals surface area contributed by atoms with Crippen LogP contribution in [0, 0.1) is 0 Å². The lowest BCUT2D eigenvalue weighted by Gasteiger charge is -2.20. The predicted molar refractivity (Wildman–Crippen MR) is 60.7 cm³/mol. The van der Waals surface area contributed by atoms with E-state index in [4.69, 9.17) is 0 Å². The van der Waals surface area contributed by atoms with Crippen LogP contribution in [0.3, 0.4) is 0 Å². The molecule has 0 fully saturated rings. The van der Waals surface area contributed by atoms with Crippen molar-refractivity contribution in [2.24, 2.45) is 0 Å². The van der Waals surface area contributed by atoms with Crippen LogP contribution in [0.2, 0.25) is 0 Å². The second-order valence-corrected chi connectivity index (χ2v) is 4.64. The van der Waals surface area contributed by atoms with Crippen LogP contribution in [0.5, 0.6) is 5.75 Å². The highest BCUT2D eigenvalue weighted by molar-refractivity contribution is 5.38. The smallest absolute Gasteiger partial charge is 0.120 e. The number of benzene rings is 1. The molecule has 0 aliphatic carbocycles. The van der Waals surface area contributed by atoms with Gasteiger partial charge in [0.15, 0.2) is 0 Å². The fourth-order valence-electron chi connectivity index (χ4n) is 1.43. The lowest BCUT2D eigenvalue weighted by molar-refractivity contribution is 0.0784. The number of hydrogen-bond acceptors (Lipinski definition) is 3. The third kappa shape index (κ3) is 3.22. The third-order valence-electron chi connectivity index (χ3n) is 2.27. The average Bonchev–Trinajstić information content (AvgIpc) is 2.06. The fraction of sp³-hybridized carbons (Fsp3) is 0.500. The molecule has 3 nitrogen and oxygen atoms in total. The van der Waals surface area contributed by atoms with Gasteiger partial charge in [0, 0.05) is 12.1 Å². The van der Waals surface area contributed by atoms with E-state index in [2.05, 4.69) is 0 Å². The Labute approximate surface area is 91.0 Å². The summed E-state index contributed by atoms with van der Waals surface area (Å²) in [5.74, 6) is 0.275. The minimum Gasteiger partial charge on any atom is -0.508 e. The SMILES string of the molecule is CN(C)Cc1cc(C(C)(C)O)ccc1O. The minimum absolute atomic E-state index is 0.275. The molecule has 0 amide bonds. The molecule has 0 heterocycles. The van der Waals surface area contributed by atoms with Gasteiger partial charge in [-0.25, -0.2) is 0 Å². The maximum atomic E-state index is 9.84. The first-order valence-electron chi connectivity index (χ1n) is 5.00. The van der Waals surface area contributed by atoms with E-state index in [1.54, 1.807) is 26.0 Å². The summed E-state index contributed by atoms with van der Waals surface area (Å²) in [6, 6.07) is 5.22. The molecular formula is C12H19NO2. The Morgan fingerprint density at radius 1 is 1.27 bits per heavy atom. The van der Waals surface area contributed by atoms with Gasteiger partial charge >= 0.3 is 0 Å². The number of aliphatic hydroxyl groups is 1. The van der Waals surface area contributed by atoms with Gasteiger partial charge < -0.3 is 15.1 Å². The summed E-state index contributed by atoms with van der Waals surface area (Å²) in [4.78, 5) is 1.98. The van der Waals surface area contributed by atoms with E-state index >= 15 is 0 Å². The van der Waals surface area contributed by atoms with Gasteiger partial charge in [0.2, 0.25) is 0 Å². The van der Waals surface area contributed by atoms with E-state index in [-0.39, 0.29) is 5.75 Å². The van der Waals surface area contributed by atoms with Crippen molar-refractivity contribution in [2.75, 3.05) is 14.1 Å². The van der Waals surface area contributed by atoms with Crippen LogP contribution >= 0.6 is 0 Å². The average molecular weight is 209 g/mol. The molecule has 1 aromatic rings. The highest BCUT2D eigenvalue weighted by atomic mass is 16.3. The van der Waals surface area contributed by atoms with Crippen LogP contribution in [-0.2, 0) is 12.1 Å². The first-order valence-corrected chi connectivity index (χ1v) is 5.00. The fourth-order valence-corrected chi connectivity index (χ4v) is 1.43. The van der Waals surface area contributed by atoms with Gasteiger partial charge in [-0.1, -0.05) is 6.07 Å². The molecular weight excluding hydrogens is 190 g/mol. The number of phenolic OH excluding ortho intramolecular Hbond substituents is 1. The number of aromatic hydroxyl groups is 1. The minimum atomic E-state index is -0.866. The van der Waals surface area contributed by atoms with Crippen molar-refractivity contribution in [3.8, 4) is 5.75 Å². The van der Waals surface area contributed by atoms with Crippen molar-refractivity contribution in [3.05, 3.63) is 29.3 Å². The van der Waals surface area contributed by atoms with E-state index in [1.165, 1.54) is 0 Å². The number of nitrogens with zero attached hydrogens (tertiary/aromatic N) is 1. The van der Waals surface area contributed by atoms with Crippen LogP contribution in [0.15, 0.2) is 18.2 Å². The predicted octanol–water partition coefficient (Wildman–Crippen LogP) is 1.68. The molecule has 0 saturated heterocycles. The van der Waals surface area contributed by atoms with E-state index in [9.17, 15) is 10.2 Å². The molecule has 0 spiro atoms. The Morgan fingerprint density at radius 3 is 2.33 bits per heavy atom. The van der Waals surface area contributed by atoms with Crippen LogP contribution in [-0.4, -0.2) is 29.2 Å². The molecule has 84 valence electrons. The van der Waals surface area contributed by atoms with Crippen LogP contribution in [0.25, 0.3) is 0 Å². The van der Waals surface area contributed by atoms with Crippen molar-refractivity contribution in [1.29, 1.82) is 0 Å². The second-order valence-electron chi connectivity index (χ2n) is 4.64. The number of hydrogen-bond donors (Lipinski definition) is 2. The lowest BCUT2D eigenvalue weighted by Crippen LogP contribution is -2.17. The van der Waals surface area contributed by atoms with Crippen molar-refractivity contribution >= 4 is 0 Å². The van der Waals surface area contributed by atoms with Gasteiger partial charge in [0.25, 0.3) is 0 Å². The summed E-state index contributed by atoms with van der Waals surface area (Å²) in [5.41, 5.74) is 0.783. The summed E-state index contributed by atoms with van der Waals surface area (Å²) >= 11 is 0. The Bertz CT molecular complexity index is 340. The van der Waals surface area contributed by atoms with Gasteiger partial charge in [0.05, 0.1) is 5.60 Å². The largest absolute Gasteiger partial charge is 0.508 e. The third-order valence-corrected chi connectivity index (χ3v) is 2.27. The number of phenols is 1. The first kappa shape index (κ1) is 12.0. The van der Waals surface area contributed by atoms with E-state index in [1.807, 2.05) is 25.1 Å². The van der Waals surface area contributed by atoms with Gasteiger partial charge in [-0.3, -0.25) is 0 Å². The van der Waals surface area contributed by atoms with Gasteiger partial charge in [0.1, 0.15) is 5.75 Å². The summed E-state index contributed by atoms with van der Waals surface area (Å²) in [5, 5.41) is 19.5. The second kappa shape index (κ2) is 4.21. The van der Waals surface area contributed by atoms with Crippen molar-refractivity contribution in [3.63, 3.8) is 0 Å². The zero-order chi connectivity index (χ0) is 11.6. The highest BCUT2D eigenvalue weighted by Gasteiger charge is 2.17. The Hall–Kier alpha value is -1.06. The van der Waals surface area contributed by atoms with E-state index in [0.717, 1.165) is 11.1 Å². The molecule has 2 N–H and O–H groups in total.